The molecular weight excluding hydrogens is 240 g/mol. The van der Waals surface area contributed by atoms with E-state index in [0.717, 1.165) is 0 Å². The van der Waals surface area contributed by atoms with Crippen LogP contribution >= 0.6 is 0 Å². The first-order chi connectivity index (χ1) is 9.90. The lowest BCUT2D eigenvalue weighted by atomic mass is 9.65. The molecule has 0 heteroatoms. The summed E-state index contributed by atoms with van der Waals surface area (Å²) in [6.07, 6.45) is 19.3. The van der Waals surface area contributed by atoms with Crippen molar-refractivity contribution >= 4 is 0 Å². The highest BCUT2D eigenvalue weighted by molar-refractivity contribution is 5.03. The van der Waals surface area contributed by atoms with Gasteiger partial charge in [-0.3, -0.25) is 0 Å². The van der Waals surface area contributed by atoms with Gasteiger partial charge in [0.2, 0.25) is 0 Å². The summed E-state index contributed by atoms with van der Waals surface area (Å²) >= 11 is 0. The van der Waals surface area contributed by atoms with Crippen molar-refractivity contribution in [3.05, 3.63) is 0 Å². The van der Waals surface area contributed by atoms with Crippen molar-refractivity contribution in [3.8, 4) is 0 Å². The van der Waals surface area contributed by atoms with Crippen LogP contribution in [0.5, 0.6) is 0 Å². The van der Waals surface area contributed by atoms with Crippen LogP contribution in [0.4, 0.5) is 0 Å². The van der Waals surface area contributed by atoms with Gasteiger partial charge in [-0.25, -0.2) is 0 Å². The smallest absolute Gasteiger partial charge is 0.0352 e. The molecule has 0 spiro atoms. The molecule has 5 aliphatic carbocycles. The van der Waals surface area contributed by atoms with Crippen molar-refractivity contribution in [2.45, 2.75) is 77.0 Å². The van der Waals surface area contributed by atoms with E-state index in [9.17, 15) is 0 Å². The maximum absolute atomic E-state index is 1.67. The van der Waals surface area contributed by atoms with Gasteiger partial charge in [0, 0.05) is 0 Å². The van der Waals surface area contributed by atoms with Crippen LogP contribution in [0, 0.1) is 47.3 Å². The molecule has 20 heavy (non-hydrogen) atoms. The lowest BCUT2D eigenvalue weighted by Crippen LogP contribution is -2.32. The molecule has 0 amide bonds. The largest absolute Gasteiger partial charge is 0.0530 e. The highest BCUT2D eigenvalue weighted by Crippen LogP contribution is 2.62. The summed E-state index contributed by atoms with van der Waals surface area (Å²) in [7, 11) is 0. The molecule has 0 aromatic heterocycles. The molecule has 5 fully saturated rings. The van der Waals surface area contributed by atoms with Crippen LogP contribution < -0.4 is 0 Å². The summed E-state index contributed by atoms with van der Waals surface area (Å²) in [4.78, 5) is 0. The van der Waals surface area contributed by atoms with Gasteiger partial charge in [0.1, 0.15) is 0 Å². The molecular formula is C20H32. The van der Waals surface area contributed by atoms with Crippen LogP contribution in [-0.4, -0.2) is 0 Å². The van der Waals surface area contributed by atoms with Gasteiger partial charge in [-0.2, -0.15) is 0 Å². The van der Waals surface area contributed by atoms with Crippen molar-refractivity contribution in [1.82, 2.24) is 0 Å². The summed E-state index contributed by atoms with van der Waals surface area (Å²) in [5.74, 6) is 9.40. The predicted octanol–water partition coefficient (Wildman–Crippen LogP) is 5.67. The van der Waals surface area contributed by atoms with E-state index in [4.69, 9.17) is 0 Å². The predicted molar refractivity (Wildman–Crippen MR) is 83.3 cm³/mol. The average Bonchev–Trinajstić information content (AvgIpc) is 3.02. The van der Waals surface area contributed by atoms with Crippen LogP contribution in [0.25, 0.3) is 0 Å². The highest BCUT2D eigenvalue weighted by atomic mass is 14.6. The van der Waals surface area contributed by atoms with Gasteiger partial charge in [0.25, 0.3) is 0 Å². The third kappa shape index (κ3) is 1.78. The van der Waals surface area contributed by atoms with E-state index in [1.807, 2.05) is 0 Å². The highest BCUT2D eigenvalue weighted by Gasteiger charge is 2.53. The number of hydrogen-bond donors (Lipinski definition) is 0. The maximum atomic E-state index is 1.67. The monoisotopic (exact) mass is 272 g/mol. The van der Waals surface area contributed by atoms with E-state index in [-0.39, 0.29) is 0 Å². The Kier molecular flexibility index (Phi) is 2.98. The Morgan fingerprint density at radius 1 is 0.350 bits per heavy atom. The third-order valence-electron chi connectivity index (χ3n) is 8.61. The molecule has 0 saturated heterocycles. The second-order valence-electron chi connectivity index (χ2n) is 9.21. The topological polar surface area (TPSA) is 0 Å². The minimum Gasteiger partial charge on any atom is -0.0530 e. The van der Waals surface area contributed by atoms with Gasteiger partial charge in [-0.1, -0.05) is 38.5 Å². The van der Waals surface area contributed by atoms with Crippen molar-refractivity contribution in [2.24, 2.45) is 47.3 Å². The molecule has 0 N–H and O–H groups in total. The van der Waals surface area contributed by atoms with Crippen LogP contribution in [0.2, 0.25) is 0 Å². The summed E-state index contributed by atoms with van der Waals surface area (Å²) in [6.45, 7) is 0. The van der Waals surface area contributed by atoms with Gasteiger partial charge < -0.3 is 0 Å². The van der Waals surface area contributed by atoms with E-state index < -0.39 is 0 Å². The van der Waals surface area contributed by atoms with E-state index in [1.165, 1.54) is 47.3 Å². The molecule has 5 saturated carbocycles. The molecule has 0 radical (unpaired) electrons. The lowest BCUT2D eigenvalue weighted by molar-refractivity contribution is 0.0910. The molecule has 0 aliphatic heterocycles. The summed E-state index contributed by atoms with van der Waals surface area (Å²) in [5.41, 5.74) is 0. The molecule has 5 rings (SSSR count). The summed E-state index contributed by atoms with van der Waals surface area (Å²) < 4.78 is 0. The Hall–Kier alpha value is 0. The zero-order valence-corrected chi connectivity index (χ0v) is 13.1. The van der Waals surface area contributed by atoms with Crippen molar-refractivity contribution in [2.75, 3.05) is 0 Å². The quantitative estimate of drug-likeness (QED) is 0.533. The van der Waals surface area contributed by atoms with Gasteiger partial charge in [-0.05, 0) is 85.9 Å². The van der Waals surface area contributed by atoms with Crippen molar-refractivity contribution in [3.63, 3.8) is 0 Å². The molecule has 8 atom stereocenters. The van der Waals surface area contributed by atoms with E-state index in [2.05, 4.69) is 0 Å². The molecule has 112 valence electrons. The molecule has 8 unspecified atom stereocenters. The van der Waals surface area contributed by atoms with Crippen molar-refractivity contribution in [1.29, 1.82) is 0 Å². The van der Waals surface area contributed by atoms with E-state index in [0.29, 0.717) is 0 Å². The molecule has 0 bridgehead atoms. The Bertz CT molecular complexity index is 336. The minimum absolute atomic E-state index is 1.17. The first-order valence-corrected chi connectivity index (χ1v) is 9.90. The van der Waals surface area contributed by atoms with Gasteiger partial charge in [0.05, 0.1) is 0 Å². The minimum atomic E-state index is 1.17. The van der Waals surface area contributed by atoms with Crippen LogP contribution in [-0.2, 0) is 0 Å². The number of hydrogen-bond acceptors (Lipinski definition) is 0. The van der Waals surface area contributed by atoms with Crippen molar-refractivity contribution < 1.29 is 0 Å². The second kappa shape index (κ2) is 4.75. The SMILES string of the molecule is C1CCC2C(C1)CC1CC3C(CC4CCCCC43)CC12. The molecule has 0 aromatic rings. The molecule has 5 aliphatic rings. The van der Waals surface area contributed by atoms with Gasteiger partial charge in [-0.15, -0.1) is 0 Å². The Balaban J connectivity index is 1.36. The van der Waals surface area contributed by atoms with Gasteiger partial charge in [0.15, 0.2) is 0 Å². The van der Waals surface area contributed by atoms with E-state index in [1.54, 1.807) is 77.0 Å². The van der Waals surface area contributed by atoms with Crippen LogP contribution in [0.1, 0.15) is 77.0 Å². The normalized spacial score (nSPS) is 57.6. The Morgan fingerprint density at radius 2 is 0.800 bits per heavy atom. The van der Waals surface area contributed by atoms with Crippen LogP contribution in [0.15, 0.2) is 0 Å². The molecule has 0 aromatic carbocycles. The number of fused-ring (bicyclic) bond motifs is 6. The Morgan fingerprint density at radius 3 is 1.30 bits per heavy atom. The Labute approximate surface area is 125 Å². The fraction of sp³-hybridized carbons (Fsp3) is 1.00. The lowest BCUT2D eigenvalue weighted by Gasteiger charge is -2.40. The van der Waals surface area contributed by atoms with E-state index >= 15 is 0 Å². The zero-order valence-electron chi connectivity index (χ0n) is 13.1. The molecule has 0 nitrogen and oxygen atoms in total. The third-order valence-corrected chi connectivity index (χ3v) is 8.61. The number of rotatable bonds is 0. The first-order valence-electron chi connectivity index (χ1n) is 9.90. The molecule has 0 heterocycles. The van der Waals surface area contributed by atoms with Crippen LogP contribution in [0.3, 0.4) is 0 Å². The van der Waals surface area contributed by atoms with Gasteiger partial charge >= 0.3 is 0 Å². The second-order valence-corrected chi connectivity index (χ2v) is 9.21. The summed E-state index contributed by atoms with van der Waals surface area (Å²) in [6, 6.07) is 0. The maximum Gasteiger partial charge on any atom is -0.0352 e. The average molecular weight is 272 g/mol. The fourth-order valence-electron chi connectivity index (χ4n) is 7.99. The summed E-state index contributed by atoms with van der Waals surface area (Å²) in [5, 5.41) is 0. The zero-order chi connectivity index (χ0) is 13.1. The first kappa shape index (κ1) is 12.5. The standard InChI is InChI=1S/C20H32/c1-3-7-17-13(5-1)9-15-11-20-16(12-19(15)17)10-14-6-2-4-8-18(14)20/h13-20H,1-12H2. The fourth-order valence-corrected chi connectivity index (χ4v) is 7.99.